The molecular weight excluding hydrogens is 513 g/mol. The fraction of sp³-hybridized carbons (Fsp3) is 0.588. The molecule has 4 rings (SSSR count). The molecule has 214 valence electrons. The van der Waals surface area contributed by atoms with Crippen molar-refractivity contribution < 1.29 is 14.0 Å². The van der Waals surface area contributed by atoms with Crippen molar-refractivity contribution in [3.63, 3.8) is 0 Å². The molecule has 0 unspecified atom stereocenters. The Bertz CT molecular complexity index is 1080. The van der Waals surface area contributed by atoms with Crippen molar-refractivity contribution in [2.24, 2.45) is 17.8 Å². The van der Waals surface area contributed by atoms with E-state index in [0.717, 1.165) is 19.3 Å². The molecule has 2 aromatic rings. The van der Waals surface area contributed by atoms with Crippen LogP contribution in [0.1, 0.15) is 67.7 Å². The second-order valence-corrected chi connectivity index (χ2v) is 23.7. The molecule has 3 nitrogen and oxygen atoms in total. The van der Waals surface area contributed by atoms with Gasteiger partial charge in [0.2, 0.25) is 0 Å². The molecular formula is C34H52O3Si2. The van der Waals surface area contributed by atoms with E-state index < -0.39 is 16.6 Å². The Labute approximate surface area is 240 Å². The average molecular weight is 565 g/mol. The molecule has 5 atom stereocenters. The Morgan fingerprint density at radius 3 is 1.87 bits per heavy atom. The smallest absolute Gasteiger partial charge is 0.261 e. The van der Waals surface area contributed by atoms with Crippen molar-refractivity contribution >= 4 is 27.0 Å². The molecule has 1 saturated carbocycles. The van der Waals surface area contributed by atoms with Crippen LogP contribution in [0.2, 0.25) is 23.2 Å². The molecule has 39 heavy (non-hydrogen) atoms. The van der Waals surface area contributed by atoms with Gasteiger partial charge < -0.3 is 14.0 Å². The van der Waals surface area contributed by atoms with Crippen molar-refractivity contribution in [1.82, 2.24) is 0 Å². The van der Waals surface area contributed by atoms with E-state index in [4.69, 9.17) is 8.85 Å². The number of hydrogen-bond acceptors (Lipinski definition) is 3. The maximum absolute atomic E-state index is 11.2. The second kappa shape index (κ2) is 11.4. The van der Waals surface area contributed by atoms with Crippen LogP contribution in [-0.4, -0.2) is 40.6 Å². The SMILES string of the molecule is C[C@H]1C[C@H](O)C2=CCC[C@H](O[Si](C)(C)C(C)(C)C)[C@@H]2[C@H]1CO[Si](c1ccccc1)(c1ccccc1)C(C)(C)C. The summed E-state index contributed by atoms with van der Waals surface area (Å²) in [6, 6.07) is 21.9. The first-order valence-electron chi connectivity index (χ1n) is 15.0. The van der Waals surface area contributed by atoms with E-state index in [1.807, 2.05) is 0 Å². The fourth-order valence-electron chi connectivity index (χ4n) is 6.78. The van der Waals surface area contributed by atoms with E-state index in [1.54, 1.807) is 0 Å². The molecule has 5 heteroatoms. The number of fused-ring (bicyclic) bond motifs is 1. The summed E-state index contributed by atoms with van der Waals surface area (Å²) >= 11 is 0. The van der Waals surface area contributed by atoms with Crippen LogP contribution in [0.5, 0.6) is 0 Å². The van der Waals surface area contributed by atoms with Gasteiger partial charge in [-0.2, -0.15) is 0 Å². The molecule has 2 aromatic carbocycles. The third kappa shape index (κ3) is 5.94. The van der Waals surface area contributed by atoms with Gasteiger partial charge in [-0.1, -0.05) is 115 Å². The van der Waals surface area contributed by atoms with Gasteiger partial charge in [0.15, 0.2) is 8.32 Å². The molecule has 0 bridgehead atoms. The maximum atomic E-state index is 11.2. The highest BCUT2D eigenvalue weighted by Gasteiger charge is 2.53. The zero-order valence-corrected chi connectivity index (χ0v) is 27.8. The molecule has 2 aliphatic carbocycles. The number of aliphatic hydroxyl groups excluding tert-OH is 1. The predicted octanol–water partition coefficient (Wildman–Crippen LogP) is 7.31. The largest absolute Gasteiger partial charge is 0.413 e. The lowest BCUT2D eigenvalue weighted by atomic mass is 9.64. The molecule has 1 N–H and O–H groups in total. The van der Waals surface area contributed by atoms with E-state index in [0.29, 0.717) is 18.4 Å². The zero-order valence-electron chi connectivity index (χ0n) is 25.8. The van der Waals surface area contributed by atoms with Crippen LogP contribution in [-0.2, 0) is 8.85 Å². The molecule has 0 heterocycles. The minimum atomic E-state index is -2.65. The lowest BCUT2D eigenvalue weighted by Crippen LogP contribution is -2.67. The number of hydrogen-bond donors (Lipinski definition) is 1. The van der Waals surface area contributed by atoms with Crippen LogP contribution in [0.25, 0.3) is 0 Å². The first-order chi connectivity index (χ1) is 18.2. The third-order valence-corrected chi connectivity index (χ3v) is 19.5. The average Bonchev–Trinajstić information content (AvgIpc) is 2.86. The van der Waals surface area contributed by atoms with Crippen molar-refractivity contribution in [2.75, 3.05) is 6.61 Å². The summed E-state index contributed by atoms with van der Waals surface area (Å²) in [6.45, 7) is 21.7. The highest BCUT2D eigenvalue weighted by molar-refractivity contribution is 6.99. The van der Waals surface area contributed by atoms with E-state index in [-0.39, 0.29) is 28.2 Å². The lowest BCUT2D eigenvalue weighted by molar-refractivity contribution is -0.00563. The van der Waals surface area contributed by atoms with Gasteiger partial charge in [0.1, 0.15) is 0 Å². The van der Waals surface area contributed by atoms with Gasteiger partial charge in [0.25, 0.3) is 8.32 Å². The normalized spacial score (nSPS) is 26.6. The molecule has 0 spiro atoms. The summed E-state index contributed by atoms with van der Waals surface area (Å²) in [7, 11) is -4.63. The van der Waals surface area contributed by atoms with Crippen molar-refractivity contribution in [2.45, 2.75) is 103 Å². The standard InChI is InChI=1S/C34H52O3Si2/c1-25-23-30(35)28-21-16-22-31(37-38(8,9)33(2,3)4)32(28)29(25)24-36-39(34(5,6)7,26-17-12-10-13-18-26)27-19-14-11-15-20-27/h10-15,17-21,25,29-32,35H,16,22-24H2,1-9H3/t25-,29-,30-,31-,32-/m0/s1. The zero-order chi connectivity index (χ0) is 28.6. The predicted molar refractivity (Wildman–Crippen MR) is 170 cm³/mol. The number of aliphatic hydroxyl groups is 1. The van der Waals surface area contributed by atoms with E-state index in [2.05, 4.69) is 128 Å². The van der Waals surface area contributed by atoms with Crippen LogP contribution in [0, 0.1) is 17.8 Å². The Morgan fingerprint density at radius 1 is 0.846 bits per heavy atom. The molecule has 0 aliphatic heterocycles. The van der Waals surface area contributed by atoms with Crippen LogP contribution in [0.4, 0.5) is 0 Å². The van der Waals surface area contributed by atoms with Crippen LogP contribution < -0.4 is 10.4 Å². The highest BCUT2D eigenvalue weighted by atomic mass is 28.4. The van der Waals surface area contributed by atoms with Gasteiger partial charge in [-0.3, -0.25) is 0 Å². The van der Waals surface area contributed by atoms with Crippen LogP contribution in [0.3, 0.4) is 0 Å². The molecule has 0 radical (unpaired) electrons. The first kappa shape index (κ1) is 30.5. The second-order valence-electron chi connectivity index (χ2n) is 14.6. The maximum Gasteiger partial charge on any atom is 0.261 e. The summed E-state index contributed by atoms with van der Waals surface area (Å²) in [4.78, 5) is 0. The summed E-state index contributed by atoms with van der Waals surface area (Å²) in [5, 5.41) is 14.0. The summed E-state index contributed by atoms with van der Waals surface area (Å²) in [5.41, 5.74) is 1.21. The molecule has 0 amide bonds. The van der Waals surface area contributed by atoms with E-state index in [1.165, 1.54) is 15.9 Å². The third-order valence-electron chi connectivity index (χ3n) is 9.95. The van der Waals surface area contributed by atoms with Gasteiger partial charge in [0.05, 0.1) is 12.2 Å². The van der Waals surface area contributed by atoms with E-state index in [9.17, 15) is 5.11 Å². The minimum absolute atomic E-state index is 0.0601. The van der Waals surface area contributed by atoms with E-state index >= 15 is 0 Å². The lowest BCUT2D eigenvalue weighted by Gasteiger charge is -2.51. The molecule has 0 aromatic heterocycles. The monoisotopic (exact) mass is 564 g/mol. The number of allylic oxidation sites excluding steroid dienone is 1. The van der Waals surface area contributed by atoms with Gasteiger partial charge in [0, 0.05) is 12.5 Å². The summed E-state index contributed by atoms with van der Waals surface area (Å²) < 4.78 is 14.6. The highest BCUT2D eigenvalue weighted by Crippen LogP contribution is 2.48. The van der Waals surface area contributed by atoms with Crippen molar-refractivity contribution in [1.29, 1.82) is 0 Å². The molecule has 0 saturated heterocycles. The Balaban J connectivity index is 1.75. The van der Waals surface area contributed by atoms with Crippen molar-refractivity contribution in [3.05, 3.63) is 72.3 Å². The molecule has 1 fully saturated rings. The van der Waals surface area contributed by atoms with Gasteiger partial charge in [-0.15, -0.1) is 0 Å². The van der Waals surface area contributed by atoms with Crippen LogP contribution >= 0.6 is 0 Å². The Morgan fingerprint density at radius 2 is 1.38 bits per heavy atom. The molecule has 2 aliphatic rings. The number of rotatable bonds is 7. The first-order valence-corrected chi connectivity index (χ1v) is 19.8. The Kier molecular flexibility index (Phi) is 8.90. The quantitative estimate of drug-likeness (QED) is 0.283. The van der Waals surface area contributed by atoms with Gasteiger partial charge in [-0.25, -0.2) is 0 Å². The van der Waals surface area contributed by atoms with Gasteiger partial charge >= 0.3 is 0 Å². The van der Waals surface area contributed by atoms with Crippen molar-refractivity contribution in [3.8, 4) is 0 Å². The topological polar surface area (TPSA) is 38.7 Å². The minimum Gasteiger partial charge on any atom is -0.413 e. The number of benzene rings is 2. The van der Waals surface area contributed by atoms with Gasteiger partial charge in [-0.05, 0) is 70.2 Å². The summed E-state index contributed by atoms with van der Waals surface area (Å²) in [6.07, 6.45) is 4.89. The van der Waals surface area contributed by atoms with Crippen LogP contribution in [0.15, 0.2) is 72.3 Å². The summed E-state index contributed by atoms with van der Waals surface area (Å²) in [5.74, 6) is 0.852. The fourth-order valence-corrected chi connectivity index (χ4v) is 12.8. The Hall–Kier alpha value is -1.51.